The van der Waals surface area contributed by atoms with Gasteiger partial charge in [-0.25, -0.2) is 4.98 Å². The van der Waals surface area contributed by atoms with E-state index in [1.165, 1.54) is 6.20 Å². The summed E-state index contributed by atoms with van der Waals surface area (Å²) in [5.41, 5.74) is -3.74. The number of halogens is 7. The average molecular weight is 467 g/mol. The van der Waals surface area contributed by atoms with E-state index in [4.69, 9.17) is 16.3 Å². The fourth-order valence-electron chi connectivity index (χ4n) is 3.28. The van der Waals surface area contributed by atoms with Gasteiger partial charge in [-0.15, -0.1) is 0 Å². The van der Waals surface area contributed by atoms with Gasteiger partial charge in [-0.05, 0) is 49.9 Å². The van der Waals surface area contributed by atoms with Crippen LogP contribution in [0.25, 0.3) is 0 Å². The number of aromatic nitrogens is 1. The molecule has 0 spiro atoms. The maximum atomic E-state index is 13.0. The molecule has 11 heteroatoms. The summed E-state index contributed by atoms with van der Waals surface area (Å²) in [7, 11) is 0. The monoisotopic (exact) mass is 466 g/mol. The zero-order chi connectivity index (χ0) is 22.8. The topological polar surface area (TPSA) is 51.2 Å². The van der Waals surface area contributed by atoms with E-state index in [0.717, 1.165) is 0 Å². The highest BCUT2D eigenvalue weighted by Crippen LogP contribution is 2.36. The number of carbonyl (C=O) groups is 1. The van der Waals surface area contributed by atoms with Crippen molar-refractivity contribution < 1.29 is 35.9 Å². The lowest BCUT2D eigenvalue weighted by Crippen LogP contribution is -2.40. The van der Waals surface area contributed by atoms with Crippen LogP contribution in [0.4, 0.5) is 26.3 Å². The molecule has 2 aromatic rings. The van der Waals surface area contributed by atoms with Gasteiger partial charge in [-0.3, -0.25) is 4.79 Å². The Kier molecular flexibility index (Phi) is 6.68. The minimum Gasteiger partial charge on any atom is -0.474 e. The second-order valence-corrected chi connectivity index (χ2v) is 7.61. The highest BCUT2D eigenvalue weighted by Gasteiger charge is 2.37. The quantitative estimate of drug-likeness (QED) is 0.571. The minimum absolute atomic E-state index is 0.00980. The SMILES string of the molecule is O=C(NC1CCC(Oc2ccc(Cl)cn2)CC1)c1cc(C(F)(F)F)cc(C(F)(F)F)c1. The first kappa shape index (κ1) is 23.2. The molecule has 31 heavy (non-hydrogen) atoms. The zero-order valence-corrected chi connectivity index (χ0v) is 16.6. The zero-order valence-electron chi connectivity index (χ0n) is 15.9. The Bertz CT molecular complexity index is 890. The van der Waals surface area contributed by atoms with Gasteiger partial charge in [0.05, 0.1) is 16.1 Å². The molecular formula is C20H17ClF6N2O2. The van der Waals surface area contributed by atoms with Crippen molar-refractivity contribution in [1.82, 2.24) is 10.3 Å². The molecule has 3 rings (SSSR count). The van der Waals surface area contributed by atoms with Gasteiger partial charge in [0.2, 0.25) is 5.88 Å². The van der Waals surface area contributed by atoms with Crippen LogP contribution in [0.15, 0.2) is 36.5 Å². The number of amides is 1. The number of hydrogen-bond acceptors (Lipinski definition) is 3. The van der Waals surface area contributed by atoms with Crippen LogP contribution >= 0.6 is 11.6 Å². The molecule has 0 aliphatic heterocycles. The smallest absolute Gasteiger partial charge is 0.416 e. The molecule has 0 atom stereocenters. The van der Waals surface area contributed by atoms with Crippen molar-refractivity contribution in [2.24, 2.45) is 0 Å². The molecule has 1 aromatic carbocycles. The van der Waals surface area contributed by atoms with Crippen molar-refractivity contribution in [2.45, 2.75) is 50.2 Å². The summed E-state index contributed by atoms with van der Waals surface area (Å²) in [6, 6.07) is 3.68. The molecule has 1 heterocycles. The first-order valence-electron chi connectivity index (χ1n) is 9.30. The van der Waals surface area contributed by atoms with E-state index in [0.29, 0.717) is 48.7 Å². The Hall–Kier alpha value is -2.49. The van der Waals surface area contributed by atoms with Crippen molar-refractivity contribution in [3.63, 3.8) is 0 Å². The number of hydrogen-bond donors (Lipinski definition) is 1. The summed E-state index contributed by atoms with van der Waals surface area (Å²) >= 11 is 5.76. The Morgan fingerprint density at radius 1 is 0.968 bits per heavy atom. The lowest BCUT2D eigenvalue weighted by Gasteiger charge is -2.29. The van der Waals surface area contributed by atoms with Crippen LogP contribution in [0.5, 0.6) is 5.88 Å². The van der Waals surface area contributed by atoms with Crippen LogP contribution in [-0.2, 0) is 12.4 Å². The van der Waals surface area contributed by atoms with Crippen molar-refractivity contribution in [2.75, 3.05) is 0 Å². The number of nitrogens with one attached hydrogen (secondary N) is 1. The fraction of sp³-hybridized carbons (Fsp3) is 0.400. The molecule has 1 aliphatic carbocycles. The molecule has 1 aliphatic rings. The van der Waals surface area contributed by atoms with Gasteiger partial charge in [-0.2, -0.15) is 26.3 Å². The van der Waals surface area contributed by atoms with Crippen molar-refractivity contribution in [3.8, 4) is 5.88 Å². The summed E-state index contributed by atoms with van der Waals surface area (Å²) in [5, 5.41) is 2.98. The van der Waals surface area contributed by atoms with Gasteiger partial charge in [0.25, 0.3) is 5.91 Å². The van der Waals surface area contributed by atoms with E-state index in [1.807, 2.05) is 0 Å². The van der Waals surface area contributed by atoms with Crippen LogP contribution in [0.3, 0.4) is 0 Å². The molecule has 1 fully saturated rings. The molecule has 1 amide bonds. The maximum Gasteiger partial charge on any atom is 0.416 e. The molecule has 1 aromatic heterocycles. The Labute approximate surface area is 178 Å². The summed E-state index contributed by atoms with van der Waals surface area (Å²) in [4.78, 5) is 16.4. The first-order chi connectivity index (χ1) is 14.4. The number of alkyl halides is 6. The maximum absolute atomic E-state index is 13.0. The molecule has 4 nitrogen and oxygen atoms in total. The average Bonchev–Trinajstić information content (AvgIpc) is 2.69. The largest absolute Gasteiger partial charge is 0.474 e. The van der Waals surface area contributed by atoms with Gasteiger partial charge < -0.3 is 10.1 Å². The van der Waals surface area contributed by atoms with E-state index in [-0.39, 0.29) is 12.2 Å². The van der Waals surface area contributed by atoms with Crippen LogP contribution in [0.2, 0.25) is 5.02 Å². The van der Waals surface area contributed by atoms with Crippen molar-refractivity contribution >= 4 is 17.5 Å². The van der Waals surface area contributed by atoms with Crippen molar-refractivity contribution in [3.05, 3.63) is 58.2 Å². The number of ether oxygens (including phenoxy) is 1. The second kappa shape index (κ2) is 8.94. The molecule has 0 radical (unpaired) electrons. The molecule has 168 valence electrons. The van der Waals surface area contributed by atoms with Crippen LogP contribution < -0.4 is 10.1 Å². The third-order valence-corrected chi connectivity index (χ3v) is 5.07. The molecule has 0 saturated heterocycles. The van der Waals surface area contributed by atoms with Gasteiger partial charge in [-0.1, -0.05) is 11.6 Å². The first-order valence-corrected chi connectivity index (χ1v) is 9.68. The number of pyridine rings is 1. The summed E-state index contributed by atoms with van der Waals surface area (Å²) in [6.45, 7) is 0. The van der Waals surface area contributed by atoms with E-state index in [2.05, 4.69) is 10.3 Å². The normalized spacial score (nSPS) is 19.7. The predicted molar refractivity (Wildman–Crippen MR) is 99.8 cm³/mol. The van der Waals surface area contributed by atoms with E-state index < -0.39 is 41.0 Å². The lowest BCUT2D eigenvalue weighted by molar-refractivity contribution is -0.143. The van der Waals surface area contributed by atoms with E-state index >= 15 is 0 Å². The number of benzene rings is 1. The summed E-state index contributed by atoms with van der Waals surface area (Å²) in [5.74, 6) is -0.596. The molecule has 1 saturated carbocycles. The standard InChI is InChI=1S/C20H17ClF6N2O2/c21-14-1-6-17(28-10-14)31-16-4-2-15(3-5-16)29-18(30)11-7-12(19(22,23)24)9-13(8-11)20(25,26)27/h1,6-10,15-16H,2-5H2,(H,29,30). The van der Waals surface area contributed by atoms with Crippen LogP contribution in [-0.4, -0.2) is 23.0 Å². The van der Waals surface area contributed by atoms with E-state index in [1.54, 1.807) is 12.1 Å². The Morgan fingerprint density at radius 3 is 2.03 bits per heavy atom. The van der Waals surface area contributed by atoms with Gasteiger partial charge in [0.15, 0.2) is 0 Å². The number of rotatable bonds is 4. The Balaban J connectivity index is 1.63. The highest BCUT2D eigenvalue weighted by molar-refractivity contribution is 6.30. The molecule has 1 N–H and O–H groups in total. The van der Waals surface area contributed by atoms with E-state index in [9.17, 15) is 31.1 Å². The predicted octanol–water partition coefficient (Wildman–Crippen LogP) is 5.89. The van der Waals surface area contributed by atoms with Gasteiger partial charge in [0.1, 0.15) is 6.10 Å². The third-order valence-electron chi connectivity index (χ3n) is 4.85. The number of nitrogens with zero attached hydrogens (tertiary/aromatic N) is 1. The summed E-state index contributed by atoms with van der Waals surface area (Å²) in [6.07, 6.45) is -6.79. The second-order valence-electron chi connectivity index (χ2n) is 7.17. The number of carbonyl (C=O) groups excluding carboxylic acids is 1. The van der Waals surface area contributed by atoms with Gasteiger partial charge in [0, 0.05) is 23.9 Å². The van der Waals surface area contributed by atoms with Crippen LogP contribution in [0, 0.1) is 0 Å². The molecule has 0 bridgehead atoms. The molecule has 0 unspecified atom stereocenters. The summed E-state index contributed by atoms with van der Waals surface area (Å²) < 4.78 is 83.6. The fourth-order valence-corrected chi connectivity index (χ4v) is 3.39. The van der Waals surface area contributed by atoms with Crippen LogP contribution in [0.1, 0.15) is 47.2 Å². The molecular weight excluding hydrogens is 450 g/mol. The Morgan fingerprint density at radius 2 is 1.55 bits per heavy atom. The third kappa shape index (κ3) is 6.25. The lowest BCUT2D eigenvalue weighted by atomic mass is 9.92. The highest BCUT2D eigenvalue weighted by atomic mass is 35.5. The van der Waals surface area contributed by atoms with Crippen molar-refractivity contribution in [1.29, 1.82) is 0 Å². The van der Waals surface area contributed by atoms with Gasteiger partial charge >= 0.3 is 12.4 Å². The minimum atomic E-state index is -5.01.